The minimum absolute atomic E-state index is 0.0923. The van der Waals surface area contributed by atoms with Crippen molar-refractivity contribution in [3.05, 3.63) is 47.3 Å². The van der Waals surface area contributed by atoms with Gasteiger partial charge in [0.25, 0.3) is 5.91 Å². The predicted molar refractivity (Wildman–Crippen MR) is 113 cm³/mol. The van der Waals surface area contributed by atoms with Gasteiger partial charge >= 0.3 is 0 Å². The van der Waals surface area contributed by atoms with E-state index < -0.39 is 0 Å². The molecular formula is C23H29N3O3. The Bertz CT molecular complexity index is 899. The summed E-state index contributed by atoms with van der Waals surface area (Å²) in [6.07, 6.45) is 6.73. The van der Waals surface area contributed by atoms with Gasteiger partial charge in [-0.2, -0.15) is 0 Å². The van der Waals surface area contributed by atoms with Gasteiger partial charge in [-0.25, -0.2) is 0 Å². The molecule has 2 aromatic rings. The molecule has 1 atom stereocenters. The summed E-state index contributed by atoms with van der Waals surface area (Å²) >= 11 is 0. The van der Waals surface area contributed by atoms with Crippen LogP contribution in [0, 0.1) is 5.92 Å². The Labute approximate surface area is 172 Å². The summed E-state index contributed by atoms with van der Waals surface area (Å²) in [5.74, 6) is 2.17. The molecule has 0 aliphatic carbocycles. The molecule has 0 radical (unpaired) electrons. The number of carbonyl (C=O) groups excluding carboxylic acids is 1. The summed E-state index contributed by atoms with van der Waals surface area (Å²) in [5.41, 5.74) is 4.16. The molecule has 0 N–H and O–H groups in total. The number of benzene rings is 1. The molecule has 1 fully saturated rings. The Kier molecular flexibility index (Phi) is 5.60. The standard InChI is InChI=1S/C23H29N3O3/c1-16-5-4-7-26(14-16)23(27)18-9-20(13-24-12-18)25-8-6-17-10-21(28-2)22(29-3)11-19(17)15-25/h9-13,16H,4-8,14-15H2,1-3H3. The minimum atomic E-state index is 0.0923. The maximum Gasteiger partial charge on any atom is 0.255 e. The van der Waals surface area contributed by atoms with Gasteiger partial charge in [0.05, 0.1) is 31.7 Å². The number of hydrogen-bond acceptors (Lipinski definition) is 5. The topological polar surface area (TPSA) is 54.9 Å². The monoisotopic (exact) mass is 395 g/mol. The number of hydrogen-bond donors (Lipinski definition) is 0. The quantitative estimate of drug-likeness (QED) is 0.793. The molecule has 0 bridgehead atoms. The van der Waals surface area contributed by atoms with Crippen LogP contribution < -0.4 is 14.4 Å². The summed E-state index contributed by atoms with van der Waals surface area (Å²) < 4.78 is 10.9. The first-order chi connectivity index (χ1) is 14.1. The zero-order valence-electron chi connectivity index (χ0n) is 17.5. The van der Waals surface area contributed by atoms with Gasteiger partial charge in [-0.15, -0.1) is 0 Å². The highest BCUT2D eigenvalue weighted by molar-refractivity contribution is 5.94. The Hall–Kier alpha value is -2.76. The highest BCUT2D eigenvalue weighted by atomic mass is 16.5. The normalized spacial score (nSPS) is 18.9. The second-order valence-corrected chi connectivity index (χ2v) is 8.08. The third-order valence-electron chi connectivity index (χ3n) is 6.00. The fourth-order valence-electron chi connectivity index (χ4n) is 4.38. The summed E-state index contributed by atoms with van der Waals surface area (Å²) in [6, 6.07) is 6.11. The largest absolute Gasteiger partial charge is 0.493 e. The molecule has 6 heteroatoms. The van der Waals surface area contributed by atoms with E-state index in [2.05, 4.69) is 28.9 Å². The summed E-state index contributed by atoms with van der Waals surface area (Å²) in [4.78, 5) is 21.6. The Balaban J connectivity index is 1.54. The smallest absolute Gasteiger partial charge is 0.255 e. The number of nitrogens with zero attached hydrogens (tertiary/aromatic N) is 3. The molecule has 29 heavy (non-hydrogen) atoms. The maximum absolute atomic E-state index is 13.0. The zero-order chi connectivity index (χ0) is 20.4. The van der Waals surface area contributed by atoms with Crippen LogP contribution >= 0.6 is 0 Å². The van der Waals surface area contributed by atoms with Crippen LogP contribution in [-0.2, 0) is 13.0 Å². The first kappa shape index (κ1) is 19.6. The van der Waals surface area contributed by atoms with Crippen LogP contribution in [0.15, 0.2) is 30.6 Å². The number of ether oxygens (including phenoxy) is 2. The van der Waals surface area contributed by atoms with Crippen molar-refractivity contribution in [2.75, 3.05) is 38.8 Å². The van der Waals surface area contributed by atoms with Crippen molar-refractivity contribution < 1.29 is 14.3 Å². The lowest BCUT2D eigenvalue weighted by Crippen LogP contribution is -2.39. The molecule has 1 aromatic heterocycles. The van der Waals surface area contributed by atoms with Crippen molar-refractivity contribution in [1.29, 1.82) is 0 Å². The molecule has 0 spiro atoms. The fourth-order valence-corrected chi connectivity index (χ4v) is 4.38. The molecule has 1 aromatic carbocycles. The number of piperidine rings is 1. The molecule has 6 nitrogen and oxygen atoms in total. The summed E-state index contributed by atoms with van der Waals surface area (Å²) in [6.45, 7) is 5.52. The van der Waals surface area contributed by atoms with E-state index in [0.29, 0.717) is 11.5 Å². The molecular weight excluding hydrogens is 366 g/mol. The van der Waals surface area contributed by atoms with E-state index in [1.54, 1.807) is 20.4 Å². The number of fused-ring (bicyclic) bond motifs is 1. The van der Waals surface area contributed by atoms with Gasteiger partial charge in [-0.1, -0.05) is 6.92 Å². The Morgan fingerprint density at radius 1 is 1.07 bits per heavy atom. The van der Waals surface area contributed by atoms with Gasteiger partial charge in [-0.05, 0) is 54.5 Å². The van der Waals surface area contributed by atoms with Crippen LogP contribution in [0.25, 0.3) is 0 Å². The van der Waals surface area contributed by atoms with Gasteiger partial charge in [0.1, 0.15) is 0 Å². The molecule has 2 aliphatic rings. The van der Waals surface area contributed by atoms with Crippen LogP contribution in [0.5, 0.6) is 11.5 Å². The zero-order valence-corrected chi connectivity index (χ0v) is 17.5. The van der Waals surface area contributed by atoms with Crippen LogP contribution in [0.4, 0.5) is 5.69 Å². The van der Waals surface area contributed by atoms with Crippen molar-refractivity contribution in [3.63, 3.8) is 0 Å². The van der Waals surface area contributed by atoms with Crippen molar-refractivity contribution in [1.82, 2.24) is 9.88 Å². The number of likely N-dealkylation sites (tertiary alicyclic amines) is 1. The van der Waals surface area contributed by atoms with Crippen molar-refractivity contribution in [2.45, 2.75) is 32.7 Å². The minimum Gasteiger partial charge on any atom is -0.493 e. The highest BCUT2D eigenvalue weighted by Gasteiger charge is 2.24. The van der Waals surface area contributed by atoms with Crippen LogP contribution in [0.2, 0.25) is 0 Å². The molecule has 1 saturated heterocycles. The molecule has 1 amide bonds. The molecule has 3 heterocycles. The van der Waals surface area contributed by atoms with Crippen molar-refractivity contribution in [2.24, 2.45) is 5.92 Å². The van der Waals surface area contributed by atoms with Crippen molar-refractivity contribution in [3.8, 4) is 11.5 Å². The van der Waals surface area contributed by atoms with Crippen LogP contribution in [0.1, 0.15) is 41.3 Å². The van der Waals surface area contributed by atoms with Gasteiger partial charge < -0.3 is 19.3 Å². The first-order valence-electron chi connectivity index (χ1n) is 10.3. The maximum atomic E-state index is 13.0. The van der Waals surface area contributed by atoms with Crippen molar-refractivity contribution >= 4 is 11.6 Å². The number of pyridine rings is 1. The molecule has 4 rings (SSSR count). The van der Waals surface area contributed by atoms with E-state index in [1.807, 2.05) is 17.2 Å². The lowest BCUT2D eigenvalue weighted by molar-refractivity contribution is 0.0682. The number of anilines is 1. The van der Waals surface area contributed by atoms with E-state index in [4.69, 9.17) is 9.47 Å². The van der Waals surface area contributed by atoms with Crippen LogP contribution in [0.3, 0.4) is 0 Å². The third-order valence-corrected chi connectivity index (χ3v) is 6.00. The molecule has 0 saturated carbocycles. The van der Waals surface area contributed by atoms with Gasteiger partial charge in [0, 0.05) is 32.4 Å². The lowest BCUT2D eigenvalue weighted by Gasteiger charge is -2.32. The highest BCUT2D eigenvalue weighted by Crippen LogP contribution is 2.34. The number of rotatable bonds is 4. The number of amides is 1. The van der Waals surface area contributed by atoms with E-state index in [0.717, 1.165) is 56.2 Å². The van der Waals surface area contributed by atoms with E-state index >= 15 is 0 Å². The second kappa shape index (κ2) is 8.31. The van der Waals surface area contributed by atoms with Crippen LogP contribution in [-0.4, -0.2) is 49.6 Å². The first-order valence-corrected chi connectivity index (χ1v) is 10.3. The van der Waals surface area contributed by atoms with E-state index in [1.165, 1.54) is 17.5 Å². The van der Waals surface area contributed by atoms with E-state index in [9.17, 15) is 4.79 Å². The number of carbonyl (C=O) groups is 1. The summed E-state index contributed by atoms with van der Waals surface area (Å²) in [7, 11) is 3.32. The van der Waals surface area contributed by atoms with Gasteiger partial charge in [-0.3, -0.25) is 9.78 Å². The summed E-state index contributed by atoms with van der Waals surface area (Å²) in [5, 5.41) is 0. The number of aromatic nitrogens is 1. The van der Waals surface area contributed by atoms with Gasteiger partial charge in [0.15, 0.2) is 11.5 Å². The van der Waals surface area contributed by atoms with Gasteiger partial charge in [0.2, 0.25) is 0 Å². The number of methoxy groups -OCH3 is 2. The molecule has 154 valence electrons. The average Bonchev–Trinajstić information content (AvgIpc) is 2.77. The van der Waals surface area contributed by atoms with E-state index in [-0.39, 0.29) is 5.91 Å². The second-order valence-electron chi connectivity index (χ2n) is 8.08. The fraction of sp³-hybridized carbons (Fsp3) is 0.478. The SMILES string of the molecule is COc1cc2c(cc1OC)CN(c1cncc(C(=O)N3CCCC(C)C3)c1)CC2. The third kappa shape index (κ3) is 4.02. The average molecular weight is 396 g/mol. The Morgan fingerprint density at radius 2 is 1.83 bits per heavy atom. The molecule has 1 unspecified atom stereocenters. The molecule has 2 aliphatic heterocycles. The lowest BCUT2D eigenvalue weighted by atomic mass is 9.98. The Morgan fingerprint density at radius 3 is 2.55 bits per heavy atom. The predicted octanol–water partition coefficient (Wildman–Crippen LogP) is 3.53.